The highest BCUT2D eigenvalue weighted by Gasteiger charge is 2.25. The van der Waals surface area contributed by atoms with Crippen molar-refractivity contribution in [3.05, 3.63) is 50.4 Å². The SMILES string of the molecule is O=c1cc(C2CCCNC2)nc2nc(Nc3c4c(cc5c3CCC5)CCC4)[nH]n12. The quantitative estimate of drug-likeness (QED) is 0.640. The van der Waals surface area contributed by atoms with Crippen molar-refractivity contribution < 1.29 is 0 Å². The lowest BCUT2D eigenvalue weighted by atomic mass is 9.96. The Labute approximate surface area is 168 Å². The molecule has 0 bridgehead atoms. The van der Waals surface area contributed by atoms with Crippen LogP contribution >= 0.6 is 0 Å². The second-order valence-corrected chi connectivity index (χ2v) is 8.63. The first-order valence-corrected chi connectivity index (χ1v) is 10.9. The summed E-state index contributed by atoms with van der Waals surface area (Å²) >= 11 is 0. The summed E-state index contributed by atoms with van der Waals surface area (Å²) in [7, 11) is 0. The maximum Gasteiger partial charge on any atom is 0.274 e. The van der Waals surface area contributed by atoms with Crippen LogP contribution in [0.25, 0.3) is 5.78 Å². The number of aromatic amines is 1. The van der Waals surface area contributed by atoms with Gasteiger partial charge in [0.25, 0.3) is 11.3 Å². The fourth-order valence-corrected chi connectivity index (χ4v) is 5.35. The molecule has 0 amide bonds. The number of nitrogens with one attached hydrogen (secondary N) is 3. The Morgan fingerprint density at radius 3 is 2.52 bits per heavy atom. The minimum atomic E-state index is -0.0976. The first-order chi connectivity index (χ1) is 14.3. The second-order valence-electron chi connectivity index (χ2n) is 8.63. The molecule has 7 nitrogen and oxygen atoms in total. The molecule has 29 heavy (non-hydrogen) atoms. The highest BCUT2D eigenvalue weighted by Crippen LogP contribution is 2.39. The van der Waals surface area contributed by atoms with E-state index in [1.165, 1.54) is 45.3 Å². The second kappa shape index (κ2) is 6.69. The van der Waals surface area contributed by atoms with E-state index in [9.17, 15) is 4.79 Å². The predicted molar refractivity (Wildman–Crippen MR) is 112 cm³/mol. The first kappa shape index (κ1) is 17.2. The van der Waals surface area contributed by atoms with Gasteiger partial charge in [-0.1, -0.05) is 6.07 Å². The van der Waals surface area contributed by atoms with Crippen molar-refractivity contribution >= 4 is 17.4 Å². The number of anilines is 2. The summed E-state index contributed by atoms with van der Waals surface area (Å²) in [4.78, 5) is 22.0. The van der Waals surface area contributed by atoms with Crippen molar-refractivity contribution in [1.29, 1.82) is 0 Å². The lowest BCUT2D eigenvalue weighted by Gasteiger charge is -2.21. The molecule has 6 rings (SSSR count). The summed E-state index contributed by atoms with van der Waals surface area (Å²) in [6.07, 6.45) is 9.16. The molecule has 1 aromatic carbocycles. The molecule has 150 valence electrons. The zero-order valence-corrected chi connectivity index (χ0v) is 16.6. The van der Waals surface area contributed by atoms with Gasteiger partial charge in [0, 0.05) is 24.2 Å². The molecule has 1 saturated heterocycles. The van der Waals surface area contributed by atoms with Gasteiger partial charge in [0.05, 0.1) is 5.69 Å². The minimum Gasteiger partial charge on any atom is -0.324 e. The lowest BCUT2D eigenvalue weighted by Crippen LogP contribution is -2.30. The van der Waals surface area contributed by atoms with Crippen LogP contribution in [0.4, 0.5) is 11.6 Å². The summed E-state index contributed by atoms with van der Waals surface area (Å²) in [6.45, 7) is 1.92. The average molecular weight is 390 g/mol. The fourth-order valence-electron chi connectivity index (χ4n) is 5.35. The maximum atomic E-state index is 12.7. The average Bonchev–Trinajstić information content (AvgIpc) is 3.47. The molecule has 3 N–H and O–H groups in total. The Morgan fingerprint density at radius 1 is 1.00 bits per heavy atom. The van der Waals surface area contributed by atoms with Crippen LogP contribution in [-0.4, -0.2) is 32.7 Å². The normalized spacial score (nSPS) is 20.8. The third kappa shape index (κ3) is 2.87. The molecule has 1 aliphatic heterocycles. The van der Waals surface area contributed by atoms with Crippen molar-refractivity contribution in [3.63, 3.8) is 0 Å². The number of nitrogens with zero attached hydrogens (tertiary/aromatic N) is 3. The van der Waals surface area contributed by atoms with Gasteiger partial charge in [0.15, 0.2) is 0 Å². The number of benzene rings is 1. The number of hydrogen-bond acceptors (Lipinski definition) is 5. The zero-order valence-electron chi connectivity index (χ0n) is 16.6. The minimum absolute atomic E-state index is 0.0976. The van der Waals surface area contributed by atoms with Crippen LogP contribution < -0.4 is 16.2 Å². The number of hydrogen-bond donors (Lipinski definition) is 3. The Kier molecular flexibility index (Phi) is 3.97. The topological polar surface area (TPSA) is 87.1 Å². The molecule has 0 saturated carbocycles. The molecule has 3 aliphatic rings. The summed E-state index contributed by atoms with van der Waals surface area (Å²) in [5, 5.41) is 10.1. The molecular formula is C22H26N6O. The van der Waals surface area contributed by atoms with Gasteiger partial charge in [-0.05, 0) is 80.2 Å². The van der Waals surface area contributed by atoms with Gasteiger partial charge in [-0.2, -0.15) is 9.50 Å². The Bertz CT molecular complexity index is 1120. The van der Waals surface area contributed by atoms with Crippen LogP contribution in [-0.2, 0) is 25.7 Å². The van der Waals surface area contributed by atoms with Crippen molar-refractivity contribution in [1.82, 2.24) is 24.9 Å². The van der Waals surface area contributed by atoms with Crippen molar-refractivity contribution in [2.24, 2.45) is 0 Å². The van der Waals surface area contributed by atoms with Gasteiger partial charge in [0.2, 0.25) is 5.95 Å². The van der Waals surface area contributed by atoms with Gasteiger partial charge in [-0.25, -0.2) is 4.98 Å². The molecule has 0 radical (unpaired) electrons. The number of aromatic nitrogens is 4. The Hall–Kier alpha value is -2.67. The molecule has 1 unspecified atom stereocenters. The first-order valence-electron chi connectivity index (χ1n) is 10.9. The van der Waals surface area contributed by atoms with E-state index in [2.05, 4.69) is 26.8 Å². The molecule has 2 aliphatic carbocycles. The summed E-state index contributed by atoms with van der Waals surface area (Å²) in [6, 6.07) is 4.08. The summed E-state index contributed by atoms with van der Waals surface area (Å²) < 4.78 is 1.45. The fraction of sp³-hybridized carbons (Fsp3) is 0.500. The van der Waals surface area contributed by atoms with E-state index >= 15 is 0 Å². The zero-order chi connectivity index (χ0) is 19.4. The number of rotatable bonds is 3. The smallest absolute Gasteiger partial charge is 0.274 e. The standard InChI is InChI=1S/C22H26N6O/c29-19-11-18(15-6-3-9-23-12-15)24-22-26-21(27-28(19)22)25-20-16-7-1-4-13(16)10-14-5-2-8-17(14)20/h10-11,15,23H,1-9,12H2,(H2,24,25,26,27). The monoisotopic (exact) mass is 390 g/mol. The summed E-state index contributed by atoms with van der Waals surface area (Å²) in [5.74, 6) is 1.34. The summed E-state index contributed by atoms with van der Waals surface area (Å²) in [5.41, 5.74) is 7.79. The third-order valence-electron chi connectivity index (χ3n) is 6.78. The molecule has 3 aromatic rings. The molecule has 1 fully saturated rings. The van der Waals surface area contributed by atoms with E-state index in [0.717, 1.165) is 57.3 Å². The number of aryl methyl sites for hydroxylation is 2. The van der Waals surface area contributed by atoms with Gasteiger partial charge < -0.3 is 10.6 Å². The van der Waals surface area contributed by atoms with Crippen LogP contribution in [0.1, 0.15) is 59.5 Å². The third-order valence-corrected chi connectivity index (χ3v) is 6.78. The van der Waals surface area contributed by atoms with E-state index in [0.29, 0.717) is 11.7 Å². The van der Waals surface area contributed by atoms with Gasteiger partial charge in [-0.3, -0.25) is 9.89 Å². The molecule has 3 heterocycles. The molecule has 0 spiro atoms. The van der Waals surface area contributed by atoms with E-state index in [1.54, 1.807) is 6.07 Å². The molecule has 1 atom stereocenters. The Morgan fingerprint density at radius 2 is 1.79 bits per heavy atom. The predicted octanol–water partition coefficient (Wildman–Crippen LogP) is 2.61. The van der Waals surface area contributed by atoms with Gasteiger partial charge >= 0.3 is 0 Å². The number of H-pyrrole nitrogens is 1. The molecular weight excluding hydrogens is 364 g/mol. The highest BCUT2D eigenvalue weighted by molar-refractivity contribution is 5.70. The largest absolute Gasteiger partial charge is 0.324 e. The maximum absolute atomic E-state index is 12.7. The highest BCUT2D eigenvalue weighted by atomic mass is 16.1. The van der Waals surface area contributed by atoms with Crippen LogP contribution in [0.3, 0.4) is 0 Å². The lowest BCUT2D eigenvalue weighted by molar-refractivity contribution is 0.454. The molecule has 2 aromatic heterocycles. The van der Waals surface area contributed by atoms with Gasteiger partial charge in [0.1, 0.15) is 0 Å². The van der Waals surface area contributed by atoms with E-state index in [1.807, 2.05) is 0 Å². The van der Waals surface area contributed by atoms with E-state index in [-0.39, 0.29) is 11.5 Å². The van der Waals surface area contributed by atoms with Gasteiger partial charge in [-0.15, -0.1) is 0 Å². The van der Waals surface area contributed by atoms with Crippen LogP contribution in [0.15, 0.2) is 16.9 Å². The van der Waals surface area contributed by atoms with E-state index in [4.69, 9.17) is 4.98 Å². The molecule has 7 heteroatoms. The van der Waals surface area contributed by atoms with Crippen LogP contribution in [0, 0.1) is 0 Å². The number of piperidine rings is 1. The number of fused-ring (bicyclic) bond motifs is 3. The van der Waals surface area contributed by atoms with Crippen LogP contribution in [0.2, 0.25) is 0 Å². The van der Waals surface area contributed by atoms with Crippen molar-refractivity contribution in [3.8, 4) is 0 Å². The van der Waals surface area contributed by atoms with Crippen molar-refractivity contribution in [2.75, 3.05) is 18.4 Å². The Balaban J connectivity index is 1.39. The van der Waals surface area contributed by atoms with Crippen LogP contribution in [0.5, 0.6) is 0 Å². The van der Waals surface area contributed by atoms with Crippen molar-refractivity contribution in [2.45, 2.75) is 57.3 Å². The van der Waals surface area contributed by atoms with E-state index < -0.39 is 0 Å².